The van der Waals surface area contributed by atoms with Crippen LogP contribution in [0.5, 0.6) is 5.75 Å². The van der Waals surface area contributed by atoms with Crippen molar-refractivity contribution in [3.63, 3.8) is 0 Å². The van der Waals surface area contributed by atoms with Crippen molar-refractivity contribution < 1.29 is 14.3 Å². The number of para-hydroxylation sites is 1. The number of amides is 2. The highest BCUT2D eigenvalue weighted by molar-refractivity contribution is 6.06. The fourth-order valence-electron chi connectivity index (χ4n) is 2.11. The minimum atomic E-state index is -0.387. The van der Waals surface area contributed by atoms with Crippen molar-refractivity contribution >= 4 is 23.2 Å². The van der Waals surface area contributed by atoms with Gasteiger partial charge in [-0.15, -0.1) is 0 Å². The van der Waals surface area contributed by atoms with Crippen LogP contribution >= 0.6 is 0 Å². The molecule has 0 radical (unpaired) electrons. The number of anilines is 1. The van der Waals surface area contributed by atoms with Crippen LogP contribution in [0.15, 0.2) is 53.6 Å². The van der Waals surface area contributed by atoms with Crippen LogP contribution in [0.2, 0.25) is 0 Å². The van der Waals surface area contributed by atoms with Crippen LogP contribution in [-0.4, -0.2) is 24.6 Å². The van der Waals surface area contributed by atoms with Crippen molar-refractivity contribution in [3.8, 4) is 11.8 Å². The largest absolute Gasteiger partial charge is 0.497 e. The first kappa shape index (κ1) is 18.7. The van der Waals surface area contributed by atoms with E-state index in [1.807, 2.05) is 6.07 Å². The van der Waals surface area contributed by atoms with Crippen LogP contribution < -0.4 is 15.5 Å². The number of hydrogen-bond donors (Lipinski definition) is 2. The Balaban J connectivity index is 1.91. The number of hydrogen-bond acceptors (Lipinski definition) is 5. The lowest BCUT2D eigenvalue weighted by atomic mass is 10.2. The van der Waals surface area contributed by atoms with Gasteiger partial charge in [-0.1, -0.05) is 12.1 Å². The Bertz CT molecular complexity index is 867. The van der Waals surface area contributed by atoms with E-state index in [1.54, 1.807) is 62.6 Å². The van der Waals surface area contributed by atoms with Gasteiger partial charge < -0.3 is 10.1 Å². The summed E-state index contributed by atoms with van der Waals surface area (Å²) in [6.07, 6.45) is -0.0113. The van der Waals surface area contributed by atoms with Gasteiger partial charge in [0, 0.05) is 11.3 Å². The molecule has 0 aliphatic heterocycles. The Kier molecular flexibility index (Phi) is 6.46. The van der Waals surface area contributed by atoms with Crippen LogP contribution in [0.4, 0.5) is 5.69 Å². The zero-order chi connectivity index (χ0) is 18.9. The highest BCUT2D eigenvalue weighted by Gasteiger charge is 2.09. The number of carbonyl (C=O) groups excluding carboxylic acids is 2. The summed E-state index contributed by atoms with van der Waals surface area (Å²) in [4.78, 5) is 24.1. The molecule has 0 saturated carbocycles. The Morgan fingerprint density at radius 3 is 2.50 bits per heavy atom. The van der Waals surface area contributed by atoms with Crippen molar-refractivity contribution in [3.05, 3.63) is 59.7 Å². The van der Waals surface area contributed by atoms with Gasteiger partial charge in [0.15, 0.2) is 0 Å². The summed E-state index contributed by atoms with van der Waals surface area (Å²) >= 11 is 0. The molecular formula is C19H18N4O3. The van der Waals surface area contributed by atoms with Crippen LogP contribution in [0.3, 0.4) is 0 Å². The topological polar surface area (TPSA) is 104 Å². The fraction of sp³-hybridized carbons (Fsp3) is 0.158. The van der Waals surface area contributed by atoms with E-state index in [4.69, 9.17) is 10.00 Å². The maximum Gasteiger partial charge on any atom is 0.271 e. The highest BCUT2D eigenvalue weighted by atomic mass is 16.5. The molecule has 0 saturated heterocycles. The van der Waals surface area contributed by atoms with E-state index < -0.39 is 0 Å². The van der Waals surface area contributed by atoms with Gasteiger partial charge >= 0.3 is 0 Å². The van der Waals surface area contributed by atoms with Gasteiger partial charge in [-0.25, -0.2) is 5.43 Å². The van der Waals surface area contributed by atoms with Crippen LogP contribution in [-0.2, 0) is 4.79 Å². The second kappa shape index (κ2) is 8.99. The van der Waals surface area contributed by atoms with Crippen molar-refractivity contribution in [1.82, 2.24) is 5.43 Å². The molecule has 2 rings (SSSR count). The molecule has 7 heteroatoms. The second-order valence-corrected chi connectivity index (χ2v) is 5.40. The molecular weight excluding hydrogens is 332 g/mol. The number of carbonyl (C=O) groups is 2. The molecule has 0 aliphatic carbocycles. The second-order valence-electron chi connectivity index (χ2n) is 5.40. The molecule has 2 amide bonds. The van der Waals surface area contributed by atoms with Crippen molar-refractivity contribution in [2.45, 2.75) is 13.3 Å². The van der Waals surface area contributed by atoms with E-state index in [9.17, 15) is 9.59 Å². The normalized spacial score (nSPS) is 10.6. The minimum Gasteiger partial charge on any atom is -0.497 e. The van der Waals surface area contributed by atoms with Crippen molar-refractivity contribution in [1.29, 1.82) is 5.26 Å². The summed E-state index contributed by atoms with van der Waals surface area (Å²) < 4.78 is 5.03. The van der Waals surface area contributed by atoms with E-state index >= 15 is 0 Å². The predicted molar refractivity (Wildman–Crippen MR) is 98.0 cm³/mol. The van der Waals surface area contributed by atoms with Gasteiger partial charge in [0.05, 0.1) is 24.8 Å². The first-order chi connectivity index (χ1) is 12.5. The summed E-state index contributed by atoms with van der Waals surface area (Å²) in [5.41, 5.74) is 4.08. The molecule has 0 spiro atoms. The molecule has 0 bridgehead atoms. The van der Waals surface area contributed by atoms with Gasteiger partial charge in [-0.2, -0.15) is 10.4 Å². The number of ether oxygens (including phenoxy) is 1. The van der Waals surface area contributed by atoms with Crippen molar-refractivity contribution in [2.75, 3.05) is 12.4 Å². The molecule has 7 nitrogen and oxygen atoms in total. The quantitative estimate of drug-likeness (QED) is 0.617. The minimum absolute atomic E-state index is 0.0113. The summed E-state index contributed by atoms with van der Waals surface area (Å²) in [6.45, 7) is 1.63. The first-order valence-corrected chi connectivity index (χ1v) is 7.80. The van der Waals surface area contributed by atoms with Crippen LogP contribution in [0, 0.1) is 11.3 Å². The lowest BCUT2D eigenvalue weighted by Gasteiger charge is -2.07. The molecule has 132 valence electrons. The molecule has 2 aromatic rings. The lowest BCUT2D eigenvalue weighted by Crippen LogP contribution is -2.21. The average molecular weight is 350 g/mol. The number of nitriles is 1. The van der Waals surface area contributed by atoms with E-state index in [1.165, 1.54) is 0 Å². The third kappa shape index (κ3) is 5.18. The number of nitrogens with one attached hydrogen (secondary N) is 2. The average Bonchev–Trinajstić information content (AvgIpc) is 2.66. The standard InChI is InChI=1S/C19H18N4O3/c1-13(11-18(24)21-17-6-4-3-5-15(17)12-20)22-23-19(25)14-7-9-16(26-2)10-8-14/h3-10H,11H2,1-2H3,(H,21,24)(H,23,25)/b22-13-. The van der Waals surface area contributed by atoms with E-state index in [2.05, 4.69) is 15.8 Å². The van der Waals surface area contributed by atoms with Gasteiger partial charge in [0.1, 0.15) is 11.8 Å². The molecule has 0 aliphatic rings. The molecule has 2 N–H and O–H groups in total. The van der Waals surface area contributed by atoms with Crippen molar-refractivity contribution in [2.24, 2.45) is 5.10 Å². The smallest absolute Gasteiger partial charge is 0.271 e. The number of rotatable bonds is 6. The molecule has 0 heterocycles. The zero-order valence-corrected chi connectivity index (χ0v) is 14.4. The fourth-order valence-corrected chi connectivity index (χ4v) is 2.11. The third-order valence-corrected chi connectivity index (χ3v) is 3.44. The first-order valence-electron chi connectivity index (χ1n) is 7.80. The summed E-state index contributed by atoms with van der Waals surface area (Å²) in [7, 11) is 1.54. The molecule has 2 aromatic carbocycles. The SMILES string of the molecule is COc1ccc(C(=O)N/N=C(/C)CC(=O)Nc2ccccc2C#N)cc1. The predicted octanol–water partition coefficient (Wildman–Crippen LogP) is 2.70. The maximum absolute atomic E-state index is 12.0. The Labute approximate surface area is 151 Å². The van der Waals surface area contributed by atoms with Gasteiger partial charge in [0.2, 0.25) is 5.91 Å². The number of methoxy groups -OCH3 is 1. The summed E-state index contributed by atoms with van der Waals surface area (Å²) in [5.74, 6) is -0.0644. The number of benzene rings is 2. The summed E-state index contributed by atoms with van der Waals surface area (Å²) in [6, 6.07) is 15.3. The molecule has 0 fully saturated rings. The highest BCUT2D eigenvalue weighted by Crippen LogP contribution is 2.14. The summed E-state index contributed by atoms with van der Waals surface area (Å²) in [5, 5.41) is 15.6. The maximum atomic E-state index is 12.0. The lowest BCUT2D eigenvalue weighted by molar-refractivity contribution is -0.115. The molecule has 0 aromatic heterocycles. The monoisotopic (exact) mass is 350 g/mol. The zero-order valence-electron chi connectivity index (χ0n) is 14.4. The molecule has 26 heavy (non-hydrogen) atoms. The van der Waals surface area contributed by atoms with Gasteiger partial charge in [-0.05, 0) is 43.3 Å². The third-order valence-electron chi connectivity index (χ3n) is 3.44. The van der Waals surface area contributed by atoms with E-state index in [-0.39, 0.29) is 18.2 Å². The number of hydrazone groups is 1. The van der Waals surface area contributed by atoms with Gasteiger partial charge in [0.25, 0.3) is 5.91 Å². The Hall–Kier alpha value is -3.66. The molecule has 0 atom stereocenters. The Morgan fingerprint density at radius 1 is 1.15 bits per heavy atom. The molecule has 0 unspecified atom stereocenters. The van der Waals surface area contributed by atoms with E-state index in [0.29, 0.717) is 28.3 Å². The van der Waals surface area contributed by atoms with E-state index in [0.717, 1.165) is 0 Å². The van der Waals surface area contributed by atoms with Crippen LogP contribution in [0.25, 0.3) is 0 Å². The van der Waals surface area contributed by atoms with Crippen LogP contribution in [0.1, 0.15) is 29.3 Å². The van der Waals surface area contributed by atoms with Gasteiger partial charge in [-0.3, -0.25) is 9.59 Å². The Morgan fingerprint density at radius 2 is 1.85 bits per heavy atom. The number of nitrogens with zero attached hydrogens (tertiary/aromatic N) is 2.